The highest BCUT2D eigenvalue weighted by Gasteiger charge is 2.31. The first-order chi connectivity index (χ1) is 11.4. The van der Waals surface area contributed by atoms with Crippen LogP contribution in [-0.4, -0.2) is 65.9 Å². The fraction of sp³-hybridized carbons (Fsp3) is 0.375. The van der Waals surface area contributed by atoms with Gasteiger partial charge in [0.15, 0.2) is 0 Å². The first kappa shape index (κ1) is 16.8. The molecule has 24 heavy (non-hydrogen) atoms. The summed E-state index contributed by atoms with van der Waals surface area (Å²) in [5.41, 5.74) is 0. The molecule has 3 rings (SSSR count). The molecule has 1 aromatic heterocycles. The Bertz CT molecular complexity index is 853. The molecule has 0 spiro atoms. The number of amides is 1. The number of rotatable bonds is 3. The smallest absolute Gasteiger partial charge is 0.251 e. The van der Waals surface area contributed by atoms with Gasteiger partial charge in [-0.1, -0.05) is 12.1 Å². The van der Waals surface area contributed by atoms with E-state index >= 15 is 0 Å². The quantitative estimate of drug-likeness (QED) is 0.869. The van der Waals surface area contributed by atoms with E-state index in [1.54, 1.807) is 30.6 Å². The Balaban J connectivity index is 1.86. The van der Waals surface area contributed by atoms with Crippen LogP contribution in [0.2, 0.25) is 0 Å². The molecule has 0 aliphatic carbocycles. The highest BCUT2D eigenvalue weighted by molar-refractivity contribution is 7.89. The number of aromatic nitrogens is 1. The van der Waals surface area contributed by atoms with Crippen molar-refractivity contribution in [3.8, 4) is 0 Å². The van der Waals surface area contributed by atoms with E-state index < -0.39 is 16.1 Å². The van der Waals surface area contributed by atoms with E-state index in [1.165, 1.54) is 16.1 Å². The summed E-state index contributed by atoms with van der Waals surface area (Å²) in [7, 11) is -3.65. The minimum Gasteiger partial charge on any atom is -0.384 e. The zero-order chi connectivity index (χ0) is 17.3. The molecule has 1 aliphatic heterocycles. The molecule has 2 heterocycles. The van der Waals surface area contributed by atoms with Gasteiger partial charge in [0.25, 0.3) is 5.91 Å². The maximum absolute atomic E-state index is 13.0. The summed E-state index contributed by atoms with van der Waals surface area (Å²) in [6.45, 7) is 2.38. The van der Waals surface area contributed by atoms with Crippen LogP contribution in [0.3, 0.4) is 0 Å². The second-order valence-corrected chi connectivity index (χ2v) is 7.66. The number of aliphatic hydroxyl groups excluding tert-OH is 1. The van der Waals surface area contributed by atoms with Crippen molar-refractivity contribution in [1.29, 1.82) is 0 Å². The number of carbonyl (C=O) groups excluding carboxylic acids is 1. The zero-order valence-corrected chi connectivity index (χ0v) is 14.1. The fourth-order valence-electron chi connectivity index (χ4n) is 2.87. The minimum atomic E-state index is -3.65. The molecule has 1 N–H and O–H groups in total. The van der Waals surface area contributed by atoms with Crippen molar-refractivity contribution >= 4 is 26.7 Å². The molecule has 1 atom stereocenters. The van der Waals surface area contributed by atoms with Gasteiger partial charge in [0.2, 0.25) is 10.0 Å². The highest BCUT2D eigenvalue weighted by Crippen LogP contribution is 2.25. The Kier molecular flexibility index (Phi) is 4.53. The van der Waals surface area contributed by atoms with Crippen molar-refractivity contribution in [2.75, 3.05) is 26.2 Å². The van der Waals surface area contributed by atoms with Crippen molar-refractivity contribution in [2.24, 2.45) is 0 Å². The molecule has 0 saturated carbocycles. The summed E-state index contributed by atoms with van der Waals surface area (Å²) in [6, 6.07) is 6.80. The first-order valence-electron chi connectivity index (χ1n) is 7.71. The van der Waals surface area contributed by atoms with Crippen LogP contribution >= 0.6 is 0 Å². The first-order valence-corrected chi connectivity index (χ1v) is 9.15. The average Bonchev–Trinajstić information content (AvgIpc) is 2.60. The molecule has 0 radical (unpaired) electrons. The lowest BCUT2D eigenvalue weighted by Crippen LogP contribution is -2.52. The van der Waals surface area contributed by atoms with E-state index in [-0.39, 0.29) is 37.0 Å². The monoisotopic (exact) mass is 349 g/mol. The van der Waals surface area contributed by atoms with Gasteiger partial charge in [0.05, 0.1) is 4.90 Å². The zero-order valence-electron chi connectivity index (χ0n) is 13.3. The lowest BCUT2D eigenvalue weighted by molar-refractivity contribution is -0.140. The van der Waals surface area contributed by atoms with Crippen molar-refractivity contribution < 1.29 is 18.3 Å². The molecule has 128 valence electrons. The van der Waals surface area contributed by atoms with Gasteiger partial charge in [0, 0.05) is 49.3 Å². The number of sulfonamides is 1. The van der Waals surface area contributed by atoms with Crippen LogP contribution in [0, 0.1) is 0 Å². The Morgan fingerprint density at radius 2 is 1.92 bits per heavy atom. The summed E-state index contributed by atoms with van der Waals surface area (Å²) in [4.78, 5) is 17.6. The van der Waals surface area contributed by atoms with Gasteiger partial charge in [-0.2, -0.15) is 4.31 Å². The molecule has 1 saturated heterocycles. The van der Waals surface area contributed by atoms with Gasteiger partial charge in [0.1, 0.15) is 6.10 Å². The lowest BCUT2D eigenvalue weighted by atomic mass is 10.2. The summed E-state index contributed by atoms with van der Waals surface area (Å²) in [5.74, 6) is -0.372. The predicted octanol–water partition coefficient (Wildman–Crippen LogP) is 0.448. The third-order valence-corrected chi connectivity index (χ3v) is 6.12. The maximum Gasteiger partial charge on any atom is 0.251 e. The number of benzene rings is 1. The molecule has 1 aliphatic rings. The number of piperazine rings is 1. The van der Waals surface area contributed by atoms with E-state index in [1.807, 2.05) is 6.07 Å². The van der Waals surface area contributed by atoms with Crippen LogP contribution in [0.15, 0.2) is 41.6 Å². The topological polar surface area (TPSA) is 90.8 Å². The van der Waals surface area contributed by atoms with Crippen LogP contribution in [0.4, 0.5) is 0 Å². The second-order valence-electron chi connectivity index (χ2n) is 5.76. The standard InChI is InChI=1S/C16H19N3O4S/c1-12(20)16(21)18-7-9-19(10-8-18)24(22,23)15-4-2-3-13-11-17-6-5-14(13)15/h2-6,11-12,20H,7-10H2,1H3. The fourth-order valence-corrected chi connectivity index (χ4v) is 4.51. The third kappa shape index (κ3) is 3.00. The van der Waals surface area contributed by atoms with E-state index in [4.69, 9.17) is 0 Å². The van der Waals surface area contributed by atoms with Crippen LogP contribution in [-0.2, 0) is 14.8 Å². The number of fused-ring (bicyclic) bond motifs is 1. The summed E-state index contributed by atoms with van der Waals surface area (Å²) in [5, 5.41) is 10.8. The second kappa shape index (κ2) is 6.46. The minimum absolute atomic E-state index is 0.211. The normalized spacial score (nSPS) is 17.8. The Labute approximate surface area is 140 Å². The molecule has 7 nitrogen and oxygen atoms in total. The number of aliphatic hydroxyl groups is 1. The molecule has 2 aromatic rings. The summed E-state index contributed by atoms with van der Waals surface area (Å²) in [6.07, 6.45) is 2.13. The molecule has 8 heteroatoms. The third-order valence-electron chi connectivity index (χ3n) is 4.17. The van der Waals surface area contributed by atoms with Crippen LogP contribution < -0.4 is 0 Å². The molecule has 1 aromatic carbocycles. The van der Waals surface area contributed by atoms with Crippen molar-refractivity contribution in [1.82, 2.24) is 14.2 Å². The molecular weight excluding hydrogens is 330 g/mol. The largest absolute Gasteiger partial charge is 0.384 e. The summed E-state index contributed by atoms with van der Waals surface area (Å²) >= 11 is 0. The van der Waals surface area contributed by atoms with Gasteiger partial charge < -0.3 is 10.0 Å². The molecular formula is C16H19N3O4S. The number of hydrogen-bond donors (Lipinski definition) is 1. The number of carbonyl (C=O) groups is 1. The number of hydrogen-bond acceptors (Lipinski definition) is 5. The predicted molar refractivity (Wildman–Crippen MR) is 88.8 cm³/mol. The Morgan fingerprint density at radius 3 is 2.58 bits per heavy atom. The molecule has 1 amide bonds. The number of pyridine rings is 1. The molecule has 1 fully saturated rings. The van der Waals surface area contributed by atoms with E-state index in [0.29, 0.717) is 5.39 Å². The van der Waals surface area contributed by atoms with Gasteiger partial charge in [-0.05, 0) is 19.1 Å². The molecule has 1 unspecified atom stereocenters. The maximum atomic E-state index is 13.0. The Morgan fingerprint density at radius 1 is 1.21 bits per heavy atom. The summed E-state index contributed by atoms with van der Waals surface area (Å²) < 4.78 is 27.3. The Hall–Kier alpha value is -2.03. The van der Waals surface area contributed by atoms with Gasteiger partial charge in [-0.25, -0.2) is 8.42 Å². The van der Waals surface area contributed by atoms with Crippen molar-refractivity contribution in [2.45, 2.75) is 17.9 Å². The molecule has 0 bridgehead atoms. The van der Waals surface area contributed by atoms with Crippen LogP contribution in [0.25, 0.3) is 10.8 Å². The lowest BCUT2D eigenvalue weighted by Gasteiger charge is -2.34. The number of nitrogens with zero attached hydrogens (tertiary/aromatic N) is 3. The van der Waals surface area contributed by atoms with E-state index in [0.717, 1.165) is 5.39 Å². The van der Waals surface area contributed by atoms with Crippen molar-refractivity contribution in [3.63, 3.8) is 0 Å². The van der Waals surface area contributed by atoms with Gasteiger partial charge in [-0.3, -0.25) is 9.78 Å². The average molecular weight is 349 g/mol. The van der Waals surface area contributed by atoms with E-state index in [9.17, 15) is 18.3 Å². The van der Waals surface area contributed by atoms with Crippen LogP contribution in [0.5, 0.6) is 0 Å². The van der Waals surface area contributed by atoms with E-state index in [2.05, 4.69) is 4.98 Å². The van der Waals surface area contributed by atoms with Crippen molar-refractivity contribution in [3.05, 3.63) is 36.7 Å². The van der Waals surface area contributed by atoms with Gasteiger partial charge >= 0.3 is 0 Å². The van der Waals surface area contributed by atoms with Crippen LogP contribution in [0.1, 0.15) is 6.92 Å². The SMILES string of the molecule is CC(O)C(=O)N1CCN(S(=O)(=O)c2cccc3cnccc23)CC1. The highest BCUT2D eigenvalue weighted by atomic mass is 32.2. The van der Waals surface area contributed by atoms with Gasteiger partial charge in [-0.15, -0.1) is 0 Å².